The van der Waals surface area contributed by atoms with Gasteiger partial charge in [0.05, 0.1) is 6.61 Å². The quantitative estimate of drug-likeness (QED) is 0.770. The molecule has 0 saturated carbocycles. The van der Waals surface area contributed by atoms with E-state index in [1.54, 1.807) is 7.11 Å². The van der Waals surface area contributed by atoms with Crippen molar-refractivity contribution in [2.45, 2.75) is 51.1 Å². The molecule has 118 valence electrons. The van der Waals surface area contributed by atoms with Crippen LogP contribution in [-0.4, -0.2) is 67.8 Å². The fourth-order valence-electron chi connectivity index (χ4n) is 4.08. The standard InChI is InChI=1S/C16H33N3O/c1-14(2)12-19(9-10-20-3)16(13-17)6-8-18-7-4-5-15(18)11-16/h14-15H,4-13,17H2,1-3H3. The molecular formula is C16H33N3O. The molecule has 4 nitrogen and oxygen atoms in total. The van der Waals surface area contributed by atoms with Gasteiger partial charge in [-0.15, -0.1) is 0 Å². The number of piperidine rings is 1. The first-order chi connectivity index (χ1) is 9.61. The molecule has 2 rings (SSSR count). The van der Waals surface area contributed by atoms with E-state index in [-0.39, 0.29) is 5.54 Å². The average Bonchev–Trinajstić information content (AvgIpc) is 2.89. The molecule has 2 saturated heterocycles. The average molecular weight is 283 g/mol. The van der Waals surface area contributed by atoms with E-state index in [4.69, 9.17) is 10.5 Å². The lowest BCUT2D eigenvalue weighted by molar-refractivity contribution is -0.00897. The van der Waals surface area contributed by atoms with E-state index in [9.17, 15) is 0 Å². The van der Waals surface area contributed by atoms with Crippen LogP contribution < -0.4 is 5.73 Å². The van der Waals surface area contributed by atoms with Gasteiger partial charge in [-0.25, -0.2) is 0 Å². The first-order valence-corrected chi connectivity index (χ1v) is 8.29. The molecule has 0 radical (unpaired) electrons. The zero-order valence-corrected chi connectivity index (χ0v) is 13.6. The normalized spacial score (nSPS) is 31.2. The highest BCUT2D eigenvalue weighted by molar-refractivity contribution is 5.02. The van der Waals surface area contributed by atoms with E-state index in [0.717, 1.165) is 32.3 Å². The summed E-state index contributed by atoms with van der Waals surface area (Å²) in [6.45, 7) is 10.9. The van der Waals surface area contributed by atoms with Crippen molar-refractivity contribution in [2.24, 2.45) is 11.7 Å². The summed E-state index contributed by atoms with van der Waals surface area (Å²) in [7, 11) is 1.79. The first kappa shape index (κ1) is 16.2. The minimum atomic E-state index is 0.203. The number of nitrogens with two attached hydrogens (primary N) is 1. The van der Waals surface area contributed by atoms with Crippen molar-refractivity contribution < 1.29 is 4.74 Å². The molecule has 20 heavy (non-hydrogen) atoms. The van der Waals surface area contributed by atoms with Gasteiger partial charge in [0.25, 0.3) is 0 Å². The van der Waals surface area contributed by atoms with Gasteiger partial charge in [0.15, 0.2) is 0 Å². The monoisotopic (exact) mass is 283 g/mol. The SMILES string of the molecule is COCCN(CC(C)C)C1(CN)CCN2CCCC2C1. The smallest absolute Gasteiger partial charge is 0.0589 e. The minimum absolute atomic E-state index is 0.203. The molecule has 2 atom stereocenters. The second kappa shape index (κ2) is 7.21. The van der Waals surface area contributed by atoms with Crippen molar-refractivity contribution in [1.82, 2.24) is 9.80 Å². The maximum Gasteiger partial charge on any atom is 0.0589 e. The molecular weight excluding hydrogens is 250 g/mol. The number of rotatable bonds is 7. The number of hydrogen-bond acceptors (Lipinski definition) is 4. The molecule has 2 N–H and O–H groups in total. The molecule has 2 fully saturated rings. The third-order valence-electron chi connectivity index (χ3n) is 5.18. The van der Waals surface area contributed by atoms with Crippen LogP contribution in [0, 0.1) is 5.92 Å². The Balaban J connectivity index is 2.08. The Bertz CT molecular complexity index is 297. The van der Waals surface area contributed by atoms with Gasteiger partial charge in [0.2, 0.25) is 0 Å². The Morgan fingerprint density at radius 2 is 2.20 bits per heavy atom. The zero-order valence-electron chi connectivity index (χ0n) is 13.6. The van der Waals surface area contributed by atoms with Gasteiger partial charge in [-0.05, 0) is 38.1 Å². The summed E-state index contributed by atoms with van der Waals surface area (Å²) in [4.78, 5) is 5.31. The second-order valence-corrected chi connectivity index (χ2v) is 7.05. The van der Waals surface area contributed by atoms with Gasteiger partial charge in [-0.2, -0.15) is 0 Å². The molecule has 2 heterocycles. The molecule has 0 aromatic rings. The van der Waals surface area contributed by atoms with Gasteiger partial charge in [-0.3, -0.25) is 4.90 Å². The zero-order chi connectivity index (χ0) is 14.6. The van der Waals surface area contributed by atoms with Crippen molar-refractivity contribution in [2.75, 3.05) is 46.4 Å². The predicted octanol–water partition coefficient (Wildman–Crippen LogP) is 1.55. The minimum Gasteiger partial charge on any atom is -0.383 e. The Labute approximate surface area is 124 Å². The fourth-order valence-corrected chi connectivity index (χ4v) is 4.08. The van der Waals surface area contributed by atoms with E-state index in [1.165, 1.54) is 38.8 Å². The van der Waals surface area contributed by atoms with E-state index < -0.39 is 0 Å². The topological polar surface area (TPSA) is 41.7 Å². The maximum atomic E-state index is 6.27. The van der Waals surface area contributed by atoms with Gasteiger partial charge in [0.1, 0.15) is 0 Å². The van der Waals surface area contributed by atoms with Crippen molar-refractivity contribution in [1.29, 1.82) is 0 Å². The number of hydrogen-bond donors (Lipinski definition) is 1. The van der Waals surface area contributed by atoms with E-state index in [1.807, 2.05) is 0 Å². The molecule has 0 aromatic carbocycles. The first-order valence-electron chi connectivity index (χ1n) is 8.29. The molecule has 0 spiro atoms. The van der Waals surface area contributed by atoms with Gasteiger partial charge in [-0.1, -0.05) is 13.8 Å². The molecule has 0 aliphatic carbocycles. The van der Waals surface area contributed by atoms with Crippen molar-refractivity contribution >= 4 is 0 Å². The third kappa shape index (κ3) is 3.53. The van der Waals surface area contributed by atoms with Crippen LogP contribution in [0.1, 0.15) is 39.5 Å². The molecule has 4 heteroatoms. The van der Waals surface area contributed by atoms with Crippen LogP contribution in [0.3, 0.4) is 0 Å². The van der Waals surface area contributed by atoms with E-state index in [0.29, 0.717) is 5.92 Å². The maximum absolute atomic E-state index is 6.27. The van der Waals surface area contributed by atoms with Gasteiger partial charge in [0, 0.05) is 44.9 Å². The van der Waals surface area contributed by atoms with Crippen LogP contribution in [0.4, 0.5) is 0 Å². The van der Waals surface area contributed by atoms with E-state index in [2.05, 4.69) is 23.6 Å². The summed E-state index contributed by atoms with van der Waals surface area (Å²) in [6.07, 6.45) is 5.20. The summed E-state index contributed by atoms with van der Waals surface area (Å²) >= 11 is 0. The molecule has 2 unspecified atom stereocenters. The van der Waals surface area contributed by atoms with Crippen LogP contribution in [0.5, 0.6) is 0 Å². The van der Waals surface area contributed by atoms with Gasteiger partial charge < -0.3 is 15.4 Å². The Morgan fingerprint density at radius 3 is 2.85 bits per heavy atom. The predicted molar refractivity (Wildman–Crippen MR) is 83.9 cm³/mol. The highest BCUT2D eigenvalue weighted by atomic mass is 16.5. The highest BCUT2D eigenvalue weighted by Crippen LogP contribution is 2.36. The molecule has 0 amide bonds. The Morgan fingerprint density at radius 1 is 1.40 bits per heavy atom. The Kier molecular flexibility index (Phi) is 5.84. The number of nitrogens with zero attached hydrogens (tertiary/aromatic N) is 2. The fraction of sp³-hybridized carbons (Fsp3) is 1.00. The van der Waals surface area contributed by atoms with Crippen molar-refractivity contribution in [3.05, 3.63) is 0 Å². The summed E-state index contributed by atoms with van der Waals surface area (Å²) in [5.41, 5.74) is 6.47. The number of methoxy groups -OCH3 is 1. The lowest BCUT2D eigenvalue weighted by atomic mass is 9.81. The Hall–Kier alpha value is -0.160. The molecule has 2 aliphatic rings. The molecule has 2 aliphatic heterocycles. The lowest BCUT2D eigenvalue weighted by Gasteiger charge is -2.50. The van der Waals surface area contributed by atoms with Crippen LogP contribution >= 0.6 is 0 Å². The number of ether oxygens (including phenoxy) is 1. The second-order valence-electron chi connectivity index (χ2n) is 7.05. The molecule has 0 aromatic heterocycles. The van der Waals surface area contributed by atoms with Gasteiger partial charge >= 0.3 is 0 Å². The summed E-state index contributed by atoms with van der Waals surface area (Å²) in [6, 6.07) is 0.768. The summed E-state index contributed by atoms with van der Waals surface area (Å²) < 4.78 is 5.33. The molecule has 0 bridgehead atoms. The van der Waals surface area contributed by atoms with Crippen molar-refractivity contribution in [3.63, 3.8) is 0 Å². The van der Waals surface area contributed by atoms with Crippen LogP contribution in [0.25, 0.3) is 0 Å². The van der Waals surface area contributed by atoms with E-state index >= 15 is 0 Å². The highest BCUT2D eigenvalue weighted by Gasteiger charge is 2.44. The van der Waals surface area contributed by atoms with Crippen LogP contribution in [0.15, 0.2) is 0 Å². The van der Waals surface area contributed by atoms with Crippen LogP contribution in [0.2, 0.25) is 0 Å². The lowest BCUT2D eigenvalue weighted by Crippen LogP contribution is -2.62. The largest absolute Gasteiger partial charge is 0.383 e. The third-order valence-corrected chi connectivity index (χ3v) is 5.18. The number of fused-ring (bicyclic) bond motifs is 1. The summed E-state index contributed by atoms with van der Waals surface area (Å²) in [5.74, 6) is 0.678. The van der Waals surface area contributed by atoms with Crippen molar-refractivity contribution in [3.8, 4) is 0 Å². The van der Waals surface area contributed by atoms with Crippen LogP contribution in [-0.2, 0) is 4.74 Å². The summed E-state index contributed by atoms with van der Waals surface area (Å²) in [5, 5.41) is 0.